The number of ketones is 2. The van der Waals surface area contributed by atoms with Crippen molar-refractivity contribution in [3.8, 4) is 0 Å². The summed E-state index contributed by atoms with van der Waals surface area (Å²) >= 11 is 0. The zero-order chi connectivity index (χ0) is 45.3. The molecule has 3 aliphatic carbocycles. The van der Waals surface area contributed by atoms with Crippen LogP contribution < -0.4 is 5.32 Å². The van der Waals surface area contributed by atoms with Crippen LogP contribution in [-0.4, -0.2) is 129 Å². The van der Waals surface area contributed by atoms with Crippen LogP contribution in [0, 0.1) is 34.0 Å². The lowest BCUT2D eigenvalue weighted by molar-refractivity contribution is -0.351. The topological polar surface area (TPSA) is 268 Å². The van der Waals surface area contributed by atoms with Gasteiger partial charge in [0.05, 0.1) is 48.2 Å². The zero-order valence-electron chi connectivity index (χ0n) is 35.7. The highest BCUT2D eigenvalue weighted by Gasteiger charge is 2.80. The van der Waals surface area contributed by atoms with Crippen molar-refractivity contribution < 1.29 is 82.4 Å². The van der Waals surface area contributed by atoms with Gasteiger partial charge in [0.25, 0.3) is 0 Å². The van der Waals surface area contributed by atoms with Crippen LogP contribution in [0.25, 0.3) is 0 Å². The van der Waals surface area contributed by atoms with E-state index >= 15 is 0 Å². The van der Waals surface area contributed by atoms with E-state index in [2.05, 4.69) is 5.32 Å². The standard InChI is InChI=1S/C42H57NO17/c1-20-24-25(45)29(47)40(10)22(44)17-23-41(19-56-23,60-35(53)55-11)27(40)30(57-31(48)21-15-13-12-14-16-21)42(54,38(24,7)8)18-39(20,9)58-32(49)26(46)28(37(5,6)33(50)51)43-34(52)59-36(2,3)4/h12-16,20,22-24,26-28,30,44,46,54H,17-19H2,1-11H3,(H,43,52)(H,50,51)/t20?,22?,23-,24?,26-,27?,28-,30+,39-,40-,41+,42-/m1/s1. The van der Waals surface area contributed by atoms with Gasteiger partial charge in [-0.3, -0.25) is 14.4 Å². The van der Waals surface area contributed by atoms with Crippen LogP contribution in [0.1, 0.15) is 92.4 Å². The Morgan fingerprint density at radius 1 is 0.967 bits per heavy atom. The summed E-state index contributed by atoms with van der Waals surface area (Å²) in [5, 5.41) is 49.4. The molecule has 0 aromatic heterocycles. The number of aliphatic carboxylic acids is 1. The van der Waals surface area contributed by atoms with Gasteiger partial charge >= 0.3 is 30.2 Å². The molecule has 0 radical (unpaired) electrons. The summed E-state index contributed by atoms with van der Waals surface area (Å²) in [5.41, 5.74) is -13.5. The molecule has 12 atom stereocenters. The van der Waals surface area contributed by atoms with E-state index in [1.807, 2.05) is 0 Å². The summed E-state index contributed by atoms with van der Waals surface area (Å²) in [6.07, 6.45) is -10.5. The number of alkyl carbamates (subject to hydrolysis) is 1. The monoisotopic (exact) mass is 847 g/mol. The number of carbonyl (C=O) groups is 7. The Labute approximate surface area is 347 Å². The van der Waals surface area contributed by atoms with Crippen LogP contribution in [0.5, 0.6) is 0 Å². The number of ether oxygens (including phenoxy) is 6. The highest BCUT2D eigenvalue weighted by molar-refractivity contribution is 6.40. The summed E-state index contributed by atoms with van der Waals surface area (Å²) in [5.74, 6) is -10.7. The highest BCUT2D eigenvalue weighted by atomic mass is 16.8. The van der Waals surface area contributed by atoms with E-state index in [4.69, 9.17) is 28.4 Å². The van der Waals surface area contributed by atoms with Gasteiger partial charge in [-0.2, -0.15) is 0 Å². The molecule has 4 fully saturated rings. The number of hydrogen-bond acceptors (Lipinski definition) is 16. The number of aliphatic hydroxyl groups is 3. The van der Waals surface area contributed by atoms with E-state index in [1.54, 1.807) is 39.0 Å². The maximum Gasteiger partial charge on any atom is 0.508 e. The van der Waals surface area contributed by atoms with Gasteiger partial charge < -0.3 is 54.2 Å². The molecule has 1 aromatic carbocycles. The van der Waals surface area contributed by atoms with Crippen LogP contribution in [0.3, 0.4) is 0 Å². The number of amides is 1. The molecule has 1 heterocycles. The smallest absolute Gasteiger partial charge is 0.481 e. The molecule has 18 nitrogen and oxygen atoms in total. The van der Waals surface area contributed by atoms with Crippen molar-refractivity contribution in [1.82, 2.24) is 5.32 Å². The van der Waals surface area contributed by atoms with Gasteiger partial charge in [-0.15, -0.1) is 0 Å². The second kappa shape index (κ2) is 15.4. The molecule has 5 rings (SSSR count). The number of methoxy groups -OCH3 is 1. The molecular weight excluding hydrogens is 790 g/mol. The molecule has 332 valence electrons. The molecule has 4 aliphatic rings. The Kier molecular flexibility index (Phi) is 11.9. The molecule has 60 heavy (non-hydrogen) atoms. The van der Waals surface area contributed by atoms with E-state index in [0.29, 0.717) is 0 Å². The van der Waals surface area contributed by atoms with Crippen molar-refractivity contribution in [1.29, 1.82) is 0 Å². The van der Waals surface area contributed by atoms with E-state index in [1.165, 1.54) is 46.8 Å². The number of carboxylic acids is 1. The van der Waals surface area contributed by atoms with Gasteiger partial charge in [-0.05, 0) is 60.6 Å². The number of aliphatic hydroxyl groups excluding tert-OH is 2. The largest absolute Gasteiger partial charge is 0.508 e. The average Bonchev–Trinajstić information content (AvgIpc) is 3.14. The fraction of sp³-hybridized carbons (Fsp3) is 0.690. The molecule has 4 unspecified atom stereocenters. The molecule has 1 amide bonds. The first-order valence-electron chi connectivity index (χ1n) is 19.7. The Balaban J connectivity index is 1.70. The number of hydrogen-bond donors (Lipinski definition) is 5. The van der Waals surface area contributed by atoms with Crippen molar-refractivity contribution in [3.63, 3.8) is 0 Å². The summed E-state index contributed by atoms with van der Waals surface area (Å²) in [4.78, 5) is 96.6. The quantitative estimate of drug-likeness (QED) is 0.136. The molecule has 18 heteroatoms. The Morgan fingerprint density at radius 2 is 1.57 bits per heavy atom. The van der Waals surface area contributed by atoms with E-state index in [0.717, 1.165) is 21.0 Å². The lowest BCUT2D eigenvalue weighted by atomic mass is 9.41. The maximum absolute atomic E-state index is 15.0. The zero-order valence-corrected chi connectivity index (χ0v) is 35.7. The van der Waals surface area contributed by atoms with Gasteiger partial charge in [-0.1, -0.05) is 39.0 Å². The van der Waals surface area contributed by atoms with Crippen molar-refractivity contribution in [3.05, 3.63) is 35.9 Å². The third-order valence-electron chi connectivity index (χ3n) is 13.7. The van der Waals surface area contributed by atoms with Crippen molar-refractivity contribution in [2.45, 2.75) is 135 Å². The molecule has 0 spiro atoms. The second-order valence-corrected chi connectivity index (χ2v) is 19.1. The third-order valence-corrected chi connectivity index (χ3v) is 13.7. The van der Waals surface area contributed by atoms with Crippen LogP contribution in [-0.2, 0) is 47.6 Å². The molecule has 1 aliphatic heterocycles. The lowest BCUT2D eigenvalue weighted by Crippen LogP contribution is -2.83. The minimum Gasteiger partial charge on any atom is -0.481 e. The SMILES string of the molecule is COC(=O)O[C@@]12CO[C@@H]1CC(O)[C@@]1(C)C(=O)C(=O)C3C(C)[C@](C)(OC(=O)[C@H](O)[C@@H](NC(=O)OC(C)(C)C)C(C)(C)C(=O)O)C[C@@](O)([C@@H](OC(=O)c4ccccc4)C12)C3(C)C. The number of nitrogens with one attached hydrogen (secondary N) is 1. The first kappa shape index (κ1) is 46.4. The van der Waals surface area contributed by atoms with Gasteiger partial charge in [-0.25, -0.2) is 19.2 Å². The fourth-order valence-electron chi connectivity index (χ4n) is 9.88. The number of fused-ring (bicyclic) bond motifs is 5. The summed E-state index contributed by atoms with van der Waals surface area (Å²) in [6.45, 7) is 13.5. The Bertz CT molecular complexity index is 1920. The number of rotatable bonds is 9. The van der Waals surface area contributed by atoms with Crippen LogP contribution in [0.2, 0.25) is 0 Å². The predicted molar refractivity (Wildman–Crippen MR) is 205 cm³/mol. The molecule has 3 saturated carbocycles. The number of carbonyl (C=O) groups excluding carboxylic acids is 6. The third kappa shape index (κ3) is 7.32. The first-order valence-corrected chi connectivity index (χ1v) is 19.7. The maximum atomic E-state index is 15.0. The minimum atomic E-state index is -2.52. The molecule has 1 saturated heterocycles. The summed E-state index contributed by atoms with van der Waals surface area (Å²) < 4.78 is 34.1. The van der Waals surface area contributed by atoms with Crippen LogP contribution >= 0.6 is 0 Å². The van der Waals surface area contributed by atoms with E-state index in [9.17, 15) is 54.0 Å². The van der Waals surface area contributed by atoms with Crippen molar-refractivity contribution in [2.75, 3.05) is 13.7 Å². The summed E-state index contributed by atoms with van der Waals surface area (Å²) in [6, 6.07) is 5.74. The van der Waals surface area contributed by atoms with Crippen molar-refractivity contribution >= 4 is 41.7 Å². The second-order valence-electron chi connectivity index (χ2n) is 19.1. The number of carboxylic acid groups (broad SMARTS) is 1. The van der Waals surface area contributed by atoms with E-state index < -0.39 is 142 Å². The molecular formula is C42H57NO17. The number of Topliss-reactive ketones (excluding diaryl/α,β-unsaturated/α-hetero) is 2. The predicted octanol–water partition coefficient (Wildman–Crippen LogP) is 2.75. The molecule has 5 N–H and O–H groups in total. The van der Waals surface area contributed by atoms with Gasteiger partial charge in [0.2, 0.25) is 11.6 Å². The van der Waals surface area contributed by atoms with Crippen LogP contribution in [0.15, 0.2) is 30.3 Å². The minimum absolute atomic E-state index is 0.00777. The Morgan fingerprint density at radius 3 is 2.08 bits per heavy atom. The van der Waals surface area contributed by atoms with Gasteiger partial charge in [0.1, 0.15) is 29.0 Å². The van der Waals surface area contributed by atoms with Gasteiger partial charge in [0, 0.05) is 30.1 Å². The first-order chi connectivity index (χ1) is 27.5. The highest BCUT2D eigenvalue weighted by Crippen LogP contribution is 2.66. The number of benzene rings is 1. The van der Waals surface area contributed by atoms with Crippen molar-refractivity contribution in [2.24, 2.45) is 34.0 Å². The van der Waals surface area contributed by atoms with Crippen LogP contribution in [0.4, 0.5) is 9.59 Å². The fourth-order valence-corrected chi connectivity index (χ4v) is 9.88. The van der Waals surface area contributed by atoms with Gasteiger partial charge in [0.15, 0.2) is 11.7 Å². The summed E-state index contributed by atoms with van der Waals surface area (Å²) in [7, 11) is 1.03. The Hall–Kier alpha value is -4.65. The average molecular weight is 848 g/mol. The van der Waals surface area contributed by atoms with E-state index in [-0.39, 0.29) is 12.0 Å². The number of esters is 2. The molecule has 1 aromatic rings. The normalized spacial score (nSPS) is 35.6. The lowest BCUT2D eigenvalue weighted by Gasteiger charge is -2.68. The molecule has 2 bridgehead atoms.